The number of sulfonamides is 1. The molecule has 10 heteroatoms. The molecule has 3 rings (SSSR count). The first-order chi connectivity index (χ1) is 18.4. The summed E-state index contributed by atoms with van der Waals surface area (Å²) < 4.78 is 55.5. The van der Waals surface area contributed by atoms with Gasteiger partial charge in [-0.15, -0.1) is 0 Å². The molecule has 208 valence electrons. The fourth-order valence-corrected chi connectivity index (χ4v) is 5.47. The molecule has 0 aliphatic rings. The van der Waals surface area contributed by atoms with Gasteiger partial charge in [-0.05, 0) is 81.3 Å². The van der Waals surface area contributed by atoms with Crippen LogP contribution < -0.4 is 9.62 Å². The molecule has 0 aromatic heterocycles. The molecule has 0 aliphatic heterocycles. The highest BCUT2D eigenvalue weighted by molar-refractivity contribution is 7.92. The van der Waals surface area contributed by atoms with E-state index in [9.17, 15) is 26.8 Å². The molecule has 3 aromatic rings. The molecule has 1 N–H and O–H groups in total. The zero-order valence-corrected chi connectivity index (χ0v) is 23.2. The van der Waals surface area contributed by atoms with Gasteiger partial charge >= 0.3 is 0 Å². The third-order valence-electron chi connectivity index (χ3n) is 6.09. The lowest BCUT2D eigenvalue weighted by molar-refractivity contribution is -0.140. The summed E-state index contributed by atoms with van der Waals surface area (Å²) >= 11 is 0. The van der Waals surface area contributed by atoms with Crippen LogP contribution in [0.25, 0.3) is 0 Å². The number of hydrogen-bond donors (Lipinski definition) is 1. The van der Waals surface area contributed by atoms with Crippen molar-refractivity contribution in [3.63, 3.8) is 0 Å². The molecule has 0 saturated heterocycles. The van der Waals surface area contributed by atoms with Crippen LogP contribution in [0.3, 0.4) is 0 Å². The summed E-state index contributed by atoms with van der Waals surface area (Å²) in [4.78, 5) is 28.1. The fourth-order valence-electron chi connectivity index (χ4n) is 4.06. The second-order valence-electron chi connectivity index (χ2n) is 9.54. The predicted molar refractivity (Wildman–Crippen MR) is 146 cm³/mol. The third-order valence-corrected chi connectivity index (χ3v) is 7.87. The van der Waals surface area contributed by atoms with Crippen molar-refractivity contribution in [3.8, 4) is 0 Å². The molecule has 0 radical (unpaired) electrons. The van der Waals surface area contributed by atoms with Crippen molar-refractivity contribution >= 4 is 27.5 Å². The molecule has 0 unspecified atom stereocenters. The van der Waals surface area contributed by atoms with E-state index in [0.29, 0.717) is 5.56 Å². The van der Waals surface area contributed by atoms with Crippen LogP contribution in [0.15, 0.2) is 77.7 Å². The van der Waals surface area contributed by atoms with E-state index in [4.69, 9.17) is 0 Å². The van der Waals surface area contributed by atoms with Crippen LogP contribution in [0, 0.1) is 18.6 Å². The maximum absolute atomic E-state index is 13.9. The van der Waals surface area contributed by atoms with Gasteiger partial charge in [-0.2, -0.15) is 0 Å². The number of halogens is 2. The van der Waals surface area contributed by atoms with E-state index in [-0.39, 0.29) is 35.5 Å². The van der Waals surface area contributed by atoms with Gasteiger partial charge < -0.3 is 10.2 Å². The summed E-state index contributed by atoms with van der Waals surface area (Å²) in [6.45, 7) is 6.53. The minimum absolute atomic E-state index is 0.0402. The Morgan fingerprint density at radius 3 is 1.92 bits per heavy atom. The maximum Gasteiger partial charge on any atom is 0.264 e. The maximum atomic E-state index is 13.9. The van der Waals surface area contributed by atoms with Crippen molar-refractivity contribution in [2.24, 2.45) is 0 Å². The van der Waals surface area contributed by atoms with Gasteiger partial charge in [0.2, 0.25) is 11.8 Å². The Bertz CT molecular complexity index is 1380. The summed E-state index contributed by atoms with van der Waals surface area (Å²) in [5.41, 5.74) is 1.70. The quantitative estimate of drug-likeness (QED) is 0.367. The number of carbonyl (C=O) groups is 2. The third kappa shape index (κ3) is 7.63. The topological polar surface area (TPSA) is 86.8 Å². The van der Waals surface area contributed by atoms with Crippen molar-refractivity contribution in [2.45, 2.75) is 57.6 Å². The van der Waals surface area contributed by atoms with Gasteiger partial charge in [0, 0.05) is 12.6 Å². The molecule has 2 amide bonds. The number of nitrogens with zero attached hydrogens (tertiary/aromatic N) is 2. The highest BCUT2D eigenvalue weighted by Gasteiger charge is 2.33. The molecule has 3 aromatic carbocycles. The summed E-state index contributed by atoms with van der Waals surface area (Å²) in [7, 11) is -4.29. The van der Waals surface area contributed by atoms with Crippen molar-refractivity contribution in [2.75, 3.05) is 10.8 Å². The lowest BCUT2D eigenvalue weighted by Gasteiger charge is -2.33. The Balaban J connectivity index is 2.05. The first-order valence-electron chi connectivity index (χ1n) is 12.6. The standard InChI is InChI=1S/C29H33F2N3O4S/c1-5-27(29(36)32-20(2)3)33(18-22-8-10-23(30)11-9-22)28(35)19-34(25-14-6-21(4)7-15-25)39(37,38)26-16-12-24(31)13-17-26/h6-17,20,27H,5,18-19H2,1-4H3,(H,32,36)/t27-/m0/s1. The number of hydrogen-bond acceptors (Lipinski definition) is 4. The second kappa shape index (κ2) is 12.8. The van der Waals surface area contributed by atoms with E-state index in [0.717, 1.165) is 34.1 Å². The van der Waals surface area contributed by atoms with Gasteiger partial charge in [-0.1, -0.05) is 36.8 Å². The minimum Gasteiger partial charge on any atom is -0.352 e. The van der Waals surface area contributed by atoms with Crippen LogP contribution in [0.5, 0.6) is 0 Å². The lowest BCUT2D eigenvalue weighted by Crippen LogP contribution is -2.53. The van der Waals surface area contributed by atoms with Crippen molar-refractivity contribution in [1.29, 1.82) is 0 Å². The van der Waals surface area contributed by atoms with Gasteiger partial charge in [0.1, 0.15) is 24.2 Å². The predicted octanol–water partition coefficient (Wildman–Crippen LogP) is 4.80. The molecule has 0 saturated carbocycles. The number of carbonyl (C=O) groups excluding carboxylic acids is 2. The van der Waals surface area contributed by atoms with Crippen LogP contribution in [0.4, 0.5) is 14.5 Å². The summed E-state index contributed by atoms with van der Waals surface area (Å²) in [5.74, 6) is -2.06. The number of amides is 2. The Labute approximate surface area is 228 Å². The second-order valence-corrected chi connectivity index (χ2v) is 11.4. The lowest BCUT2D eigenvalue weighted by atomic mass is 10.1. The highest BCUT2D eigenvalue weighted by atomic mass is 32.2. The molecule has 7 nitrogen and oxygen atoms in total. The van der Waals surface area contributed by atoms with Crippen LogP contribution >= 0.6 is 0 Å². The van der Waals surface area contributed by atoms with Gasteiger partial charge in [-0.25, -0.2) is 17.2 Å². The van der Waals surface area contributed by atoms with Crippen LogP contribution in [0.1, 0.15) is 38.3 Å². The zero-order valence-electron chi connectivity index (χ0n) is 22.4. The normalized spacial score (nSPS) is 12.2. The highest BCUT2D eigenvalue weighted by Crippen LogP contribution is 2.25. The molecule has 0 aliphatic carbocycles. The average molecular weight is 558 g/mol. The Hall–Kier alpha value is -3.79. The molecule has 39 heavy (non-hydrogen) atoms. The molecule has 0 bridgehead atoms. The van der Waals surface area contributed by atoms with Crippen LogP contribution in [0.2, 0.25) is 0 Å². The van der Waals surface area contributed by atoms with Gasteiger partial charge in [0.25, 0.3) is 10.0 Å². The number of benzene rings is 3. The molecule has 0 fully saturated rings. The number of nitrogens with one attached hydrogen (secondary N) is 1. The fraction of sp³-hybridized carbons (Fsp3) is 0.310. The van der Waals surface area contributed by atoms with E-state index in [1.54, 1.807) is 45.0 Å². The van der Waals surface area contributed by atoms with E-state index in [1.807, 2.05) is 6.92 Å². The monoisotopic (exact) mass is 557 g/mol. The summed E-state index contributed by atoms with van der Waals surface area (Å²) in [5, 5.41) is 2.82. The van der Waals surface area contributed by atoms with Crippen LogP contribution in [-0.2, 0) is 26.2 Å². The molecule has 0 spiro atoms. The molecule has 0 heterocycles. The largest absolute Gasteiger partial charge is 0.352 e. The van der Waals surface area contributed by atoms with E-state index in [2.05, 4.69) is 5.32 Å². The Morgan fingerprint density at radius 1 is 0.872 bits per heavy atom. The van der Waals surface area contributed by atoms with E-state index in [1.165, 1.54) is 29.2 Å². The smallest absolute Gasteiger partial charge is 0.264 e. The first kappa shape index (κ1) is 29.8. The van der Waals surface area contributed by atoms with Crippen molar-refractivity contribution in [3.05, 3.63) is 95.6 Å². The minimum atomic E-state index is -4.29. The van der Waals surface area contributed by atoms with Crippen LogP contribution in [-0.4, -0.2) is 43.8 Å². The zero-order chi connectivity index (χ0) is 28.7. The van der Waals surface area contributed by atoms with Crippen molar-refractivity contribution < 1.29 is 26.8 Å². The Morgan fingerprint density at radius 2 is 1.41 bits per heavy atom. The van der Waals surface area contributed by atoms with Gasteiger partial charge in [-0.3, -0.25) is 13.9 Å². The number of aryl methyl sites for hydroxylation is 1. The average Bonchev–Trinajstić information content (AvgIpc) is 2.88. The van der Waals surface area contributed by atoms with E-state index < -0.39 is 40.2 Å². The molecule has 1 atom stereocenters. The van der Waals surface area contributed by atoms with Crippen molar-refractivity contribution in [1.82, 2.24) is 10.2 Å². The van der Waals surface area contributed by atoms with E-state index >= 15 is 0 Å². The van der Waals surface area contributed by atoms with Gasteiger partial charge in [0.05, 0.1) is 10.6 Å². The Kier molecular flexibility index (Phi) is 9.80. The number of anilines is 1. The number of rotatable bonds is 11. The molecular formula is C29H33F2N3O4S. The molecular weight excluding hydrogens is 524 g/mol. The summed E-state index contributed by atoms with van der Waals surface area (Å²) in [6, 6.07) is 15.4. The SMILES string of the molecule is CC[C@@H](C(=O)NC(C)C)N(Cc1ccc(F)cc1)C(=O)CN(c1ccc(C)cc1)S(=O)(=O)c1ccc(F)cc1. The first-order valence-corrected chi connectivity index (χ1v) is 14.1. The summed E-state index contributed by atoms with van der Waals surface area (Å²) in [6.07, 6.45) is 0.265. The van der Waals surface area contributed by atoms with Gasteiger partial charge in [0.15, 0.2) is 0 Å².